The minimum atomic E-state index is -4.34. The van der Waals surface area contributed by atoms with Crippen LogP contribution in [0.1, 0.15) is 19.3 Å². The topological polar surface area (TPSA) is 61.8 Å². The molecule has 10 heteroatoms. The summed E-state index contributed by atoms with van der Waals surface area (Å²) in [5, 5.41) is 0. The quantitative estimate of drug-likeness (QED) is 0.725. The molecular weight excluding hydrogens is 375 g/mol. The third kappa shape index (κ3) is 4.84. The van der Waals surface area contributed by atoms with E-state index in [1.807, 2.05) is 16.8 Å². The molecule has 0 spiro atoms. The zero-order valence-corrected chi connectivity index (χ0v) is 16.2. The van der Waals surface area contributed by atoms with Gasteiger partial charge in [0.1, 0.15) is 6.54 Å². The van der Waals surface area contributed by atoms with Crippen LogP contribution in [0.15, 0.2) is 12.4 Å². The van der Waals surface area contributed by atoms with E-state index in [-0.39, 0.29) is 6.54 Å². The Morgan fingerprint density at radius 3 is 2.50 bits per heavy atom. The van der Waals surface area contributed by atoms with Crippen LogP contribution in [0.4, 0.5) is 19.0 Å². The van der Waals surface area contributed by atoms with E-state index in [2.05, 4.69) is 9.97 Å². The van der Waals surface area contributed by atoms with Gasteiger partial charge in [-0.25, -0.2) is 9.97 Å². The molecule has 0 N–H and O–H groups in total. The Kier molecular flexibility index (Phi) is 6.26. The fraction of sp³-hybridized carbons (Fsp3) is 0.722. The summed E-state index contributed by atoms with van der Waals surface area (Å²) < 4.78 is 43.0. The van der Waals surface area contributed by atoms with Crippen molar-refractivity contribution in [3.63, 3.8) is 0 Å². The SMILES string of the molecule is COc1nccnc1N(C)CC1CCN(C2CCN(CC(F)(F)F)C2=O)CC1. The first-order valence-electron chi connectivity index (χ1n) is 9.44. The number of piperidine rings is 1. The Balaban J connectivity index is 1.50. The van der Waals surface area contributed by atoms with E-state index in [1.165, 1.54) is 0 Å². The molecule has 1 aromatic rings. The summed E-state index contributed by atoms with van der Waals surface area (Å²) in [6, 6.07) is -0.416. The van der Waals surface area contributed by atoms with Crippen LogP contribution >= 0.6 is 0 Å². The van der Waals surface area contributed by atoms with E-state index in [4.69, 9.17) is 4.74 Å². The van der Waals surface area contributed by atoms with Crippen molar-refractivity contribution in [1.29, 1.82) is 0 Å². The fourth-order valence-electron chi connectivity index (χ4n) is 4.08. The van der Waals surface area contributed by atoms with Gasteiger partial charge in [0.25, 0.3) is 5.88 Å². The maximum atomic E-state index is 12.6. The van der Waals surface area contributed by atoms with Crippen molar-refractivity contribution in [3.8, 4) is 5.88 Å². The highest BCUT2D eigenvalue weighted by atomic mass is 19.4. The molecule has 3 rings (SSSR count). The Bertz CT molecular complexity index is 679. The second kappa shape index (κ2) is 8.50. The lowest BCUT2D eigenvalue weighted by atomic mass is 9.95. The Morgan fingerprint density at radius 1 is 1.18 bits per heavy atom. The summed E-state index contributed by atoms with van der Waals surface area (Å²) >= 11 is 0. The van der Waals surface area contributed by atoms with E-state index in [9.17, 15) is 18.0 Å². The van der Waals surface area contributed by atoms with Crippen LogP contribution in [0.5, 0.6) is 5.88 Å². The number of rotatable bonds is 6. The highest BCUT2D eigenvalue weighted by molar-refractivity contribution is 5.84. The van der Waals surface area contributed by atoms with Gasteiger partial charge in [0.15, 0.2) is 5.82 Å². The molecule has 2 aliphatic heterocycles. The molecule has 0 bridgehead atoms. The predicted molar refractivity (Wildman–Crippen MR) is 97.2 cm³/mol. The van der Waals surface area contributed by atoms with Crippen LogP contribution in [0.3, 0.4) is 0 Å². The number of hydrogen-bond acceptors (Lipinski definition) is 6. The summed E-state index contributed by atoms with van der Waals surface area (Å²) in [6.45, 7) is 1.24. The number of likely N-dealkylation sites (tertiary alicyclic amines) is 2. The molecule has 156 valence electrons. The number of alkyl halides is 3. The maximum Gasteiger partial charge on any atom is 0.406 e. The predicted octanol–water partition coefficient (Wildman–Crippen LogP) is 1.80. The number of aromatic nitrogens is 2. The molecule has 0 aliphatic carbocycles. The summed E-state index contributed by atoms with van der Waals surface area (Å²) in [5.74, 6) is 1.18. The number of halogens is 3. The lowest BCUT2D eigenvalue weighted by Crippen LogP contribution is -2.48. The maximum absolute atomic E-state index is 12.6. The van der Waals surface area contributed by atoms with Gasteiger partial charge >= 0.3 is 6.18 Å². The molecule has 0 aromatic carbocycles. The minimum absolute atomic E-state index is 0.179. The van der Waals surface area contributed by atoms with Gasteiger partial charge in [-0.1, -0.05) is 0 Å². The lowest BCUT2D eigenvalue weighted by molar-refractivity contribution is -0.159. The third-order valence-electron chi connectivity index (χ3n) is 5.46. The van der Waals surface area contributed by atoms with Crippen LogP contribution in [0, 0.1) is 5.92 Å². The molecule has 2 aliphatic rings. The van der Waals surface area contributed by atoms with Crippen molar-refractivity contribution < 1.29 is 22.7 Å². The Morgan fingerprint density at radius 2 is 1.86 bits per heavy atom. The molecule has 1 atom stereocenters. The molecule has 0 saturated carbocycles. The lowest BCUT2D eigenvalue weighted by Gasteiger charge is -2.36. The van der Waals surface area contributed by atoms with Gasteiger partial charge in [0, 0.05) is 32.5 Å². The standard InChI is InChI=1S/C18H26F3N5O2/c1-24(15-16(28-2)23-7-6-22-15)11-13-3-8-25(9-4-13)14-5-10-26(17(14)27)12-18(19,20)21/h6-7,13-14H,3-5,8-12H2,1-2H3. The summed E-state index contributed by atoms with van der Waals surface area (Å²) in [5.41, 5.74) is 0. The monoisotopic (exact) mass is 401 g/mol. The molecule has 1 amide bonds. The smallest absolute Gasteiger partial charge is 0.406 e. The molecule has 7 nitrogen and oxygen atoms in total. The molecule has 28 heavy (non-hydrogen) atoms. The van der Waals surface area contributed by atoms with E-state index in [0.717, 1.165) is 24.3 Å². The molecule has 3 heterocycles. The third-order valence-corrected chi connectivity index (χ3v) is 5.46. The first-order chi connectivity index (χ1) is 13.3. The van der Waals surface area contributed by atoms with Crippen LogP contribution in [-0.2, 0) is 4.79 Å². The molecule has 1 aromatic heterocycles. The number of methoxy groups -OCH3 is 1. The van der Waals surface area contributed by atoms with Gasteiger partial charge < -0.3 is 14.5 Å². The van der Waals surface area contributed by atoms with Gasteiger partial charge in [0.2, 0.25) is 5.91 Å². The van der Waals surface area contributed by atoms with Gasteiger partial charge in [-0.2, -0.15) is 13.2 Å². The Hall–Kier alpha value is -2.10. The number of carbonyl (C=O) groups excluding carboxylic acids is 1. The van der Waals surface area contributed by atoms with Crippen LogP contribution < -0.4 is 9.64 Å². The first-order valence-corrected chi connectivity index (χ1v) is 9.44. The number of hydrogen-bond donors (Lipinski definition) is 0. The highest BCUT2D eigenvalue weighted by Crippen LogP contribution is 2.28. The number of anilines is 1. The molecule has 2 saturated heterocycles. The van der Waals surface area contributed by atoms with E-state index in [1.54, 1.807) is 19.5 Å². The number of nitrogens with zero attached hydrogens (tertiary/aromatic N) is 5. The van der Waals surface area contributed by atoms with Crippen molar-refractivity contribution in [2.75, 3.05) is 51.8 Å². The van der Waals surface area contributed by atoms with Crippen LogP contribution in [0.2, 0.25) is 0 Å². The summed E-state index contributed by atoms with van der Waals surface area (Å²) in [7, 11) is 3.49. The number of carbonyl (C=O) groups is 1. The largest absolute Gasteiger partial charge is 0.478 e. The van der Waals surface area contributed by atoms with Crippen molar-refractivity contribution >= 4 is 11.7 Å². The molecule has 1 unspecified atom stereocenters. The van der Waals surface area contributed by atoms with E-state index in [0.29, 0.717) is 37.1 Å². The molecular formula is C18H26F3N5O2. The van der Waals surface area contributed by atoms with Gasteiger partial charge in [-0.3, -0.25) is 9.69 Å². The zero-order chi connectivity index (χ0) is 20.3. The van der Waals surface area contributed by atoms with Crippen LogP contribution in [-0.4, -0.2) is 84.8 Å². The first kappa shape index (κ1) is 20.6. The molecule has 0 radical (unpaired) electrons. The normalized spacial score (nSPS) is 22.0. The van der Waals surface area contributed by atoms with Crippen molar-refractivity contribution in [1.82, 2.24) is 19.8 Å². The van der Waals surface area contributed by atoms with Crippen LogP contribution in [0.25, 0.3) is 0 Å². The second-order valence-corrected chi connectivity index (χ2v) is 7.43. The van der Waals surface area contributed by atoms with Crippen molar-refractivity contribution in [2.45, 2.75) is 31.5 Å². The van der Waals surface area contributed by atoms with Crippen molar-refractivity contribution in [2.24, 2.45) is 5.92 Å². The fourth-order valence-corrected chi connectivity index (χ4v) is 4.08. The highest BCUT2D eigenvalue weighted by Gasteiger charge is 2.42. The second-order valence-electron chi connectivity index (χ2n) is 7.43. The summed E-state index contributed by atoms with van der Waals surface area (Å²) in [4.78, 5) is 25.8. The average Bonchev–Trinajstić information content (AvgIpc) is 3.01. The van der Waals surface area contributed by atoms with Gasteiger partial charge in [-0.15, -0.1) is 0 Å². The van der Waals surface area contributed by atoms with Gasteiger partial charge in [-0.05, 0) is 38.3 Å². The van der Waals surface area contributed by atoms with Crippen molar-refractivity contribution in [3.05, 3.63) is 12.4 Å². The number of amides is 1. The Labute approximate surface area is 162 Å². The zero-order valence-electron chi connectivity index (χ0n) is 16.2. The van der Waals surface area contributed by atoms with E-state index >= 15 is 0 Å². The minimum Gasteiger partial charge on any atom is -0.478 e. The average molecular weight is 401 g/mol. The summed E-state index contributed by atoms with van der Waals surface area (Å²) in [6.07, 6.45) is 1.09. The molecule has 2 fully saturated rings. The van der Waals surface area contributed by atoms with E-state index < -0.39 is 24.7 Å². The van der Waals surface area contributed by atoms with Gasteiger partial charge in [0.05, 0.1) is 13.2 Å². The number of ether oxygens (including phenoxy) is 1.